The van der Waals surface area contributed by atoms with Gasteiger partial charge < -0.3 is 0 Å². The minimum atomic E-state index is 0.653. The molecular weight excluding hydrogens is 312 g/mol. The van der Waals surface area contributed by atoms with E-state index < -0.39 is 0 Å². The minimum Gasteiger partial charge on any atom is -0.297 e. The Kier molecular flexibility index (Phi) is 4.48. The first-order chi connectivity index (χ1) is 9.81. The lowest BCUT2D eigenvalue weighted by atomic mass is 9.90. The third kappa shape index (κ3) is 3.47. The largest absolute Gasteiger partial charge is 0.297 e. The van der Waals surface area contributed by atoms with Gasteiger partial charge in [0, 0.05) is 23.8 Å². The van der Waals surface area contributed by atoms with Crippen LogP contribution in [0.2, 0.25) is 0 Å². The summed E-state index contributed by atoms with van der Waals surface area (Å²) in [6, 6.07) is 14.9. The van der Waals surface area contributed by atoms with Crippen molar-refractivity contribution in [2.75, 3.05) is 13.1 Å². The van der Waals surface area contributed by atoms with Gasteiger partial charge in [-0.05, 0) is 55.1 Å². The first-order valence-electron chi connectivity index (χ1n) is 7.19. The van der Waals surface area contributed by atoms with Crippen molar-refractivity contribution >= 4 is 15.9 Å². The van der Waals surface area contributed by atoms with E-state index in [0.717, 1.165) is 17.6 Å². The highest BCUT2D eigenvalue weighted by molar-refractivity contribution is 9.10. The molecule has 3 rings (SSSR count). The molecule has 2 heterocycles. The maximum atomic E-state index is 4.43. The number of rotatable bonds is 3. The van der Waals surface area contributed by atoms with E-state index in [1.54, 1.807) is 0 Å². The smallest absolute Gasteiger partial charge is 0.0543 e. The Labute approximate surface area is 129 Å². The van der Waals surface area contributed by atoms with Crippen molar-refractivity contribution in [2.45, 2.75) is 25.3 Å². The fraction of sp³-hybridized carbons (Fsp3) is 0.353. The van der Waals surface area contributed by atoms with E-state index in [4.69, 9.17) is 0 Å². The normalized spacial score (nSPS) is 19.9. The summed E-state index contributed by atoms with van der Waals surface area (Å²) in [5.41, 5.74) is 2.63. The van der Waals surface area contributed by atoms with E-state index in [0.29, 0.717) is 5.92 Å². The van der Waals surface area contributed by atoms with Gasteiger partial charge in [0.25, 0.3) is 0 Å². The molecule has 2 nitrogen and oxygen atoms in total. The summed E-state index contributed by atoms with van der Waals surface area (Å²) in [5, 5.41) is 0. The van der Waals surface area contributed by atoms with Crippen molar-refractivity contribution in [3.05, 3.63) is 64.4 Å². The quantitative estimate of drug-likeness (QED) is 0.837. The summed E-state index contributed by atoms with van der Waals surface area (Å²) in [7, 11) is 0. The first-order valence-corrected chi connectivity index (χ1v) is 7.98. The topological polar surface area (TPSA) is 16.1 Å². The summed E-state index contributed by atoms with van der Waals surface area (Å²) in [6.45, 7) is 3.29. The van der Waals surface area contributed by atoms with E-state index in [1.165, 1.54) is 30.6 Å². The Morgan fingerprint density at radius 3 is 2.75 bits per heavy atom. The molecule has 0 aliphatic carbocycles. The molecule has 0 amide bonds. The summed E-state index contributed by atoms with van der Waals surface area (Å²) < 4.78 is 1.16. The van der Waals surface area contributed by atoms with Crippen LogP contribution < -0.4 is 0 Å². The Morgan fingerprint density at radius 1 is 1.15 bits per heavy atom. The molecule has 1 saturated heterocycles. The molecule has 20 heavy (non-hydrogen) atoms. The van der Waals surface area contributed by atoms with Crippen molar-refractivity contribution in [3.8, 4) is 0 Å². The predicted molar refractivity (Wildman–Crippen MR) is 85.6 cm³/mol. The van der Waals surface area contributed by atoms with Gasteiger partial charge in [0.1, 0.15) is 0 Å². The van der Waals surface area contributed by atoms with Crippen LogP contribution in [0.1, 0.15) is 30.0 Å². The highest BCUT2D eigenvalue weighted by Crippen LogP contribution is 2.28. The van der Waals surface area contributed by atoms with Crippen molar-refractivity contribution in [2.24, 2.45) is 0 Å². The molecule has 1 fully saturated rings. The van der Waals surface area contributed by atoms with Crippen molar-refractivity contribution in [1.82, 2.24) is 9.88 Å². The monoisotopic (exact) mass is 330 g/mol. The van der Waals surface area contributed by atoms with Crippen LogP contribution in [-0.2, 0) is 6.54 Å². The lowest BCUT2D eigenvalue weighted by Gasteiger charge is -2.32. The molecule has 1 aromatic carbocycles. The van der Waals surface area contributed by atoms with Gasteiger partial charge in [-0.1, -0.05) is 34.1 Å². The zero-order valence-corrected chi connectivity index (χ0v) is 13.1. The Hall–Kier alpha value is -1.19. The predicted octanol–water partition coefficient (Wildman–Crippen LogP) is 4.22. The number of pyridine rings is 1. The van der Waals surface area contributed by atoms with Crippen LogP contribution in [0.4, 0.5) is 0 Å². The van der Waals surface area contributed by atoms with Gasteiger partial charge in [0.15, 0.2) is 0 Å². The lowest BCUT2D eigenvalue weighted by molar-refractivity contribution is 0.198. The minimum absolute atomic E-state index is 0.653. The van der Waals surface area contributed by atoms with Gasteiger partial charge in [-0.2, -0.15) is 0 Å². The molecule has 0 spiro atoms. The van der Waals surface area contributed by atoms with Crippen LogP contribution in [0.15, 0.2) is 53.1 Å². The molecule has 1 aliphatic heterocycles. The van der Waals surface area contributed by atoms with E-state index in [1.807, 2.05) is 12.3 Å². The third-order valence-corrected chi connectivity index (χ3v) is 4.49. The summed E-state index contributed by atoms with van der Waals surface area (Å²) in [6.07, 6.45) is 4.44. The van der Waals surface area contributed by atoms with Crippen LogP contribution in [0, 0.1) is 0 Å². The molecule has 0 saturated carbocycles. The third-order valence-electron chi connectivity index (χ3n) is 3.96. The maximum absolute atomic E-state index is 4.43. The van der Waals surface area contributed by atoms with Crippen molar-refractivity contribution < 1.29 is 0 Å². The van der Waals surface area contributed by atoms with Crippen LogP contribution in [0.3, 0.4) is 0 Å². The number of halogens is 1. The average Bonchev–Trinajstić information content (AvgIpc) is 2.49. The number of piperidine rings is 1. The number of nitrogens with zero attached hydrogens (tertiary/aromatic N) is 2. The van der Waals surface area contributed by atoms with Crippen LogP contribution >= 0.6 is 15.9 Å². The second-order valence-corrected chi connectivity index (χ2v) is 6.36. The van der Waals surface area contributed by atoms with Gasteiger partial charge in [0.2, 0.25) is 0 Å². The number of likely N-dealkylation sites (tertiary alicyclic amines) is 1. The molecule has 104 valence electrons. The maximum Gasteiger partial charge on any atom is 0.0543 e. The molecular formula is C17H19BrN2. The fourth-order valence-corrected chi connectivity index (χ4v) is 3.19. The Morgan fingerprint density at radius 2 is 2.00 bits per heavy atom. The van der Waals surface area contributed by atoms with Gasteiger partial charge in [-0.15, -0.1) is 0 Å². The number of hydrogen-bond acceptors (Lipinski definition) is 2. The second kappa shape index (κ2) is 6.51. The van der Waals surface area contributed by atoms with Crippen LogP contribution in [0.25, 0.3) is 0 Å². The van der Waals surface area contributed by atoms with Gasteiger partial charge in [0.05, 0.1) is 5.69 Å². The van der Waals surface area contributed by atoms with Crippen LogP contribution in [0.5, 0.6) is 0 Å². The van der Waals surface area contributed by atoms with Crippen molar-refractivity contribution in [1.29, 1.82) is 0 Å². The number of benzene rings is 1. The standard InChI is InChI=1S/C17H19BrN2/c18-16-8-6-14(7-9-16)15-4-3-11-20(12-15)13-17-5-1-2-10-19-17/h1-2,5-10,15H,3-4,11-13H2. The fourth-order valence-electron chi connectivity index (χ4n) is 2.93. The molecule has 0 N–H and O–H groups in total. The highest BCUT2D eigenvalue weighted by atomic mass is 79.9. The SMILES string of the molecule is Brc1ccc(C2CCCN(Cc3ccccn3)C2)cc1. The number of hydrogen-bond donors (Lipinski definition) is 0. The lowest BCUT2D eigenvalue weighted by Crippen LogP contribution is -2.34. The molecule has 1 aliphatic rings. The molecule has 0 radical (unpaired) electrons. The zero-order chi connectivity index (χ0) is 13.8. The summed E-state index contributed by atoms with van der Waals surface area (Å²) in [5.74, 6) is 0.653. The average molecular weight is 331 g/mol. The molecule has 1 aromatic heterocycles. The van der Waals surface area contributed by atoms with E-state index in [9.17, 15) is 0 Å². The molecule has 2 aromatic rings. The van der Waals surface area contributed by atoms with Gasteiger partial charge in [-0.25, -0.2) is 0 Å². The Bertz CT molecular complexity index is 539. The van der Waals surface area contributed by atoms with Crippen molar-refractivity contribution in [3.63, 3.8) is 0 Å². The first kappa shape index (κ1) is 13.8. The van der Waals surface area contributed by atoms with E-state index in [-0.39, 0.29) is 0 Å². The highest BCUT2D eigenvalue weighted by Gasteiger charge is 2.21. The molecule has 1 unspecified atom stereocenters. The van der Waals surface area contributed by atoms with Gasteiger partial charge >= 0.3 is 0 Å². The van der Waals surface area contributed by atoms with Crippen LogP contribution in [-0.4, -0.2) is 23.0 Å². The molecule has 1 atom stereocenters. The second-order valence-electron chi connectivity index (χ2n) is 5.45. The van der Waals surface area contributed by atoms with Gasteiger partial charge in [-0.3, -0.25) is 9.88 Å². The number of aromatic nitrogens is 1. The Balaban J connectivity index is 1.66. The molecule has 0 bridgehead atoms. The van der Waals surface area contributed by atoms with E-state index >= 15 is 0 Å². The summed E-state index contributed by atoms with van der Waals surface area (Å²) >= 11 is 3.51. The van der Waals surface area contributed by atoms with E-state index in [2.05, 4.69) is 62.2 Å². The summed E-state index contributed by atoms with van der Waals surface area (Å²) in [4.78, 5) is 6.96. The molecule has 3 heteroatoms. The zero-order valence-electron chi connectivity index (χ0n) is 11.5.